The molecule has 0 unspecified atom stereocenters. The normalized spacial score (nSPS) is 11.8. The molecule has 0 saturated heterocycles. The summed E-state index contributed by atoms with van der Waals surface area (Å²) in [5, 5.41) is 13.8. The number of para-hydroxylation sites is 4. The summed E-state index contributed by atoms with van der Waals surface area (Å²) in [7, 11) is 0. The Bertz CT molecular complexity index is 2940. The van der Waals surface area contributed by atoms with E-state index in [9.17, 15) is 0 Å². The maximum Gasteiger partial charge on any atom is 0.161 e. The smallest absolute Gasteiger partial charge is 0.161 e. The first-order valence-electron chi connectivity index (χ1n) is 17.2. The number of hydrogen-bond donors (Lipinski definition) is 0. The number of anilines is 6. The van der Waals surface area contributed by atoms with E-state index in [4.69, 9.17) is 29.0 Å². The molecule has 0 saturated carbocycles. The average molecular weight is 703 g/mol. The number of nitrogens with zero attached hydrogens (tertiary/aromatic N) is 6. The molecule has 53 heavy (non-hydrogen) atoms. The van der Waals surface area contributed by atoms with Crippen LogP contribution in [0.3, 0.4) is 0 Å². The topological polar surface area (TPSA) is 84.3 Å². The van der Waals surface area contributed by atoms with E-state index < -0.39 is 0 Å². The molecule has 11 rings (SSSR count). The van der Waals surface area contributed by atoms with Crippen molar-refractivity contribution < 1.29 is 8.83 Å². The van der Waals surface area contributed by atoms with Gasteiger partial charge in [-0.2, -0.15) is 0 Å². The molecule has 0 atom stereocenters. The summed E-state index contributed by atoms with van der Waals surface area (Å²) in [6.45, 7) is 0. The molecule has 8 nitrogen and oxygen atoms in total. The van der Waals surface area contributed by atoms with E-state index >= 15 is 0 Å². The van der Waals surface area contributed by atoms with Gasteiger partial charge in [-0.3, -0.25) is 9.80 Å². The van der Waals surface area contributed by atoms with Crippen LogP contribution in [0.25, 0.3) is 64.4 Å². The van der Waals surface area contributed by atoms with E-state index in [2.05, 4.69) is 76.5 Å². The lowest BCUT2D eigenvalue weighted by atomic mass is 10.1. The van der Waals surface area contributed by atoms with Crippen molar-refractivity contribution >= 4 is 110 Å². The maximum absolute atomic E-state index is 6.14. The van der Waals surface area contributed by atoms with Gasteiger partial charge >= 0.3 is 0 Å². The lowest BCUT2D eigenvalue weighted by molar-refractivity contribution is 0.668. The molecule has 0 bridgehead atoms. The van der Waals surface area contributed by atoms with Gasteiger partial charge in [0.15, 0.2) is 11.6 Å². The van der Waals surface area contributed by atoms with E-state index in [1.807, 2.05) is 91.1 Å². The first-order valence-corrected chi connectivity index (χ1v) is 18.0. The molecule has 0 aliphatic heterocycles. The highest BCUT2D eigenvalue weighted by Crippen LogP contribution is 2.42. The van der Waals surface area contributed by atoms with Crippen molar-refractivity contribution in [1.29, 1.82) is 0 Å². The summed E-state index contributed by atoms with van der Waals surface area (Å²) in [4.78, 5) is 15.2. The van der Waals surface area contributed by atoms with Gasteiger partial charge in [-0.1, -0.05) is 72.8 Å². The number of fused-ring (bicyclic) bond motifs is 9. The summed E-state index contributed by atoms with van der Waals surface area (Å²) < 4.78 is 13.2. The van der Waals surface area contributed by atoms with Crippen molar-refractivity contribution in [3.05, 3.63) is 158 Å². The number of hydrogen-bond acceptors (Lipinski definition) is 9. The summed E-state index contributed by atoms with van der Waals surface area (Å²) in [6, 6.07) is 51.2. The van der Waals surface area contributed by atoms with Gasteiger partial charge in [0.25, 0.3) is 0 Å². The Morgan fingerprint density at radius 1 is 0.434 bits per heavy atom. The second kappa shape index (κ2) is 11.7. The van der Waals surface area contributed by atoms with Gasteiger partial charge in [0, 0.05) is 50.4 Å². The van der Waals surface area contributed by atoms with Crippen molar-refractivity contribution in [2.45, 2.75) is 0 Å². The van der Waals surface area contributed by atoms with E-state index in [1.165, 1.54) is 0 Å². The molecular formula is C44H26N6O2S. The fourth-order valence-corrected chi connectivity index (χ4v) is 8.20. The van der Waals surface area contributed by atoms with Crippen LogP contribution in [0.2, 0.25) is 0 Å². The van der Waals surface area contributed by atoms with Crippen LogP contribution in [-0.2, 0) is 0 Å². The zero-order valence-electron chi connectivity index (χ0n) is 27.9. The lowest BCUT2D eigenvalue weighted by Crippen LogP contribution is -2.12. The molecule has 9 heteroatoms. The second-order valence-electron chi connectivity index (χ2n) is 12.8. The third kappa shape index (κ3) is 4.82. The molecule has 0 spiro atoms. The Morgan fingerprint density at radius 3 is 1.57 bits per heavy atom. The Hall–Kier alpha value is -7.10. The van der Waals surface area contributed by atoms with E-state index in [1.54, 1.807) is 11.3 Å². The van der Waals surface area contributed by atoms with E-state index in [0.717, 1.165) is 87.2 Å². The van der Waals surface area contributed by atoms with Crippen molar-refractivity contribution in [2.75, 3.05) is 9.80 Å². The Morgan fingerprint density at radius 2 is 0.962 bits per heavy atom. The molecule has 250 valence electrons. The fourth-order valence-electron chi connectivity index (χ4n) is 7.21. The van der Waals surface area contributed by atoms with Crippen LogP contribution in [0.1, 0.15) is 0 Å². The van der Waals surface area contributed by atoms with Gasteiger partial charge in [-0.15, -0.1) is 21.5 Å². The minimum absolute atomic E-state index is 0.689. The standard InChI is InChI=1S/C44H26N6O2S/c1-3-11-27(12-4-1)49(29-19-21-37-33(23-29)31-15-7-9-17-35(31)51-37)40-25-39-42(48-47-40)43-44(53-39)46-41(26-45-43)50(28-13-5-2-6-14-28)30-20-22-38-34(24-30)32-16-8-10-18-36(32)52-38/h1-26H. The third-order valence-corrected chi connectivity index (χ3v) is 10.6. The molecule has 5 aromatic heterocycles. The van der Waals surface area contributed by atoms with E-state index in [0.29, 0.717) is 11.6 Å². The van der Waals surface area contributed by atoms with E-state index in [-0.39, 0.29) is 0 Å². The molecule has 0 radical (unpaired) electrons. The number of thiophene rings is 1. The molecule has 11 aromatic rings. The van der Waals surface area contributed by atoms with Crippen LogP contribution in [0.5, 0.6) is 0 Å². The van der Waals surface area contributed by atoms with Crippen molar-refractivity contribution in [3.8, 4) is 0 Å². The minimum Gasteiger partial charge on any atom is -0.456 e. The Kier molecular flexibility index (Phi) is 6.55. The molecule has 0 aliphatic carbocycles. The first kappa shape index (κ1) is 29.6. The number of furan rings is 2. The molecule has 0 aliphatic rings. The van der Waals surface area contributed by atoms with Gasteiger partial charge in [0.2, 0.25) is 0 Å². The summed E-state index contributed by atoms with van der Waals surface area (Å²) >= 11 is 1.56. The monoisotopic (exact) mass is 702 g/mol. The SMILES string of the molecule is c1ccc(N(c2ccc3oc4ccccc4c3c2)c2cc3sc4nc(N(c5ccccc5)c5ccc6oc7ccccc7c6c5)cnc4c3nn2)cc1. The van der Waals surface area contributed by atoms with Crippen molar-refractivity contribution in [2.24, 2.45) is 0 Å². The quantitative estimate of drug-likeness (QED) is 0.169. The highest BCUT2D eigenvalue weighted by Gasteiger charge is 2.22. The van der Waals surface area contributed by atoms with Gasteiger partial charge < -0.3 is 8.83 Å². The molecule has 5 heterocycles. The van der Waals surface area contributed by atoms with Gasteiger partial charge in [0.1, 0.15) is 38.2 Å². The molecule has 6 aromatic carbocycles. The molecular weight excluding hydrogens is 677 g/mol. The summed E-state index contributed by atoms with van der Waals surface area (Å²) in [6.07, 6.45) is 1.81. The van der Waals surface area contributed by atoms with Crippen LogP contribution < -0.4 is 9.80 Å². The number of aromatic nitrogens is 4. The summed E-state index contributed by atoms with van der Waals surface area (Å²) in [5.41, 5.74) is 8.67. The predicted octanol–water partition coefficient (Wildman–Crippen LogP) is 12.4. The lowest BCUT2D eigenvalue weighted by Gasteiger charge is -2.24. The third-order valence-electron chi connectivity index (χ3n) is 9.63. The zero-order valence-corrected chi connectivity index (χ0v) is 28.7. The largest absolute Gasteiger partial charge is 0.456 e. The first-order chi connectivity index (χ1) is 26.2. The van der Waals surface area contributed by atoms with Crippen LogP contribution in [0.15, 0.2) is 167 Å². The molecule has 0 fully saturated rings. The number of benzene rings is 6. The fraction of sp³-hybridized carbons (Fsp3) is 0. The van der Waals surface area contributed by atoms with Gasteiger partial charge in [-0.05, 0) is 72.8 Å². The Labute approximate surface area is 305 Å². The van der Waals surface area contributed by atoms with Crippen LogP contribution in [0.4, 0.5) is 34.4 Å². The number of rotatable bonds is 6. The highest BCUT2D eigenvalue weighted by molar-refractivity contribution is 7.25. The van der Waals surface area contributed by atoms with Gasteiger partial charge in [-0.25, -0.2) is 9.97 Å². The van der Waals surface area contributed by atoms with Crippen LogP contribution >= 0.6 is 11.3 Å². The maximum atomic E-state index is 6.14. The minimum atomic E-state index is 0.689. The predicted molar refractivity (Wildman–Crippen MR) is 214 cm³/mol. The van der Waals surface area contributed by atoms with Crippen molar-refractivity contribution in [1.82, 2.24) is 20.2 Å². The molecule has 0 amide bonds. The second-order valence-corrected chi connectivity index (χ2v) is 13.8. The van der Waals surface area contributed by atoms with Crippen LogP contribution in [0, 0.1) is 0 Å². The van der Waals surface area contributed by atoms with Crippen LogP contribution in [-0.4, -0.2) is 20.2 Å². The molecule has 0 N–H and O–H groups in total. The van der Waals surface area contributed by atoms with Crippen molar-refractivity contribution in [3.63, 3.8) is 0 Å². The zero-order chi connectivity index (χ0) is 34.9. The highest BCUT2D eigenvalue weighted by atomic mass is 32.1. The van der Waals surface area contributed by atoms with Gasteiger partial charge in [0.05, 0.1) is 10.9 Å². The Balaban J connectivity index is 1.04. The summed E-state index contributed by atoms with van der Waals surface area (Å²) in [5.74, 6) is 1.39. The average Bonchev–Trinajstić information content (AvgIpc) is 3.89.